The molecule has 1 unspecified atom stereocenters. The predicted octanol–water partition coefficient (Wildman–Crippen LogP) is 4.90. The molecule has 0 saturated carbocycles. The summed E-state index contributed by atoms with van der Waals surface area (Å²) in [6.45, 7) is 4.37. The van der Waals surface area contributed by atoms with Crippen molar-refractivity contribution in [1.29, 1.82) is 0 Å². The molecule has 0 fully saturated rings. The van der Waals surface area contributed by atoms with E-state index in [0.29, 0.717) is 17.5 Å². The van der Waals surface area contributed by atoms with Crippen LogP contribution in [0.2, 0.25) is 5.02 Å². The number of nitrogens with two attached hydrogens (primary N) is 1. The van der Waals surface area contributed by atoms with Crippen molar-refractivity contribution in [2.24, 2.45) is 5.73 Å². The third-order valence-electron chi connectivity index (χ3n) is 3.77. The Balaban J connectivity index is 2.12. The van der Waals surface area contributed by atoms with Crippen molar-refractivity contribution in [3.63, 3.8) is 0 Å². The fourth-order valence-electron chi connectivity index (χ4n) is 2.49. The van der Waals surface area contributed by atoms with Gasteiger partial charge in [-0.05, 0) is 42.7 Å². The zero-order valence-electron chi connectivity index (χ0n) is 12.4. The third-order valence-corrected chi connectivity index (χ3v) is 4.72. The molecule has 0 aliphatic rings. The first-order valence-electron chi connectivity index (χ1n) is 7.29. The summed E-state index contributed by atoms with van der Waals surface area (Å²) in [6.07, 6.45) is 4.92. The van der Waals surface area contributed by atoms with E-state index in [-0.39, 0.29) is 6.04 Å². The third kappa shape index (κ3) is 4.09. The summed E-state index contributed by atoms with van der Waals surface area (Å²) in [7, 11) is 0. The van der Waals surface area contributed by atoms with Crippen LogP contribution >= 0.6 is 27.5 Å². The van der Waals surface area contributed by atoms with E-state index < -0.39 is 0 Å². The van der Waals surface area contributed by atoms with E-state index in [1.165, 1.54) is 0 Å². The van der Waals surface area contributed by atoms with E-state index in [1.807, 2.05) is 24.4 Å². The van der Waals surface area contributed by atoms with Gasteiger partial charge in [0.25, 0.3) is 0 Å². The van der Waals surface area contributed by atoms with Gasteiger partial charge >= 0.3 is 0 Å². The van der Waals surface area contributed by atoms with Gasteiger partial charge in [-0.25, -0.2) is 0 Å². The lowest BCUT2D eigenvalue weighted by atomic mass is 10.0. The van der Waals surface area contributed by atoms with Crippen molar-refractivity contribution in [3.8, 4) is 0 Å². The van der Waals surface area contributed by atoms with Gasteiger partial charge in [0.1, 0.15) is 0 Å². The SMILES string of the molecule is CCC(CC)n1ccc(CC(N)c2cc(Cl)ccc2Br)n1. The highest BCUT2D eigenvalue weighted by Gasteiger charge is 2.14. The van der Waals surface area contributed by atoms with E-state index in [9.17, 15) is 0 Å². The van der Waals surface area contributed by atoms with Crippen LogP contribution in [0.4, 0.5) is 0 Å². The average Bonchev–Trinajstić information content (AvgIpc) is 2.91. The molecule has 2 rings (SSSR count). The van der Waals surface area contributed by atoms with Gasteiger partial charge in [0.05, 0.1) is 11.7 Å². The van der Waals surface area contributed by atoms with Crippen LogP contribution in [0, 0.1) is 0 Å². The molecular weight excluding hydrogens is 350 g/mol. The topological polar surface area (TPSA) is 43.8 Å². The Labute approximate surface area is 139 Å². The second-order valence-electron chi connectivity index (χ2n) is 5.23. The number of rotatable bonds is 6. The maximum Gasteiger partial charge on any atom is 0.0643 e. The zero-order valence-corrected chi connectivity index (χ0v) is 14.7. The summed E-state index contributed by atoms with van der Waals surface area (Å²) in [4.78, 5) is 0. The van der Waals surface area contributed by atoms with Gasteiger partial charge in [0.2, 0.25) is 0 Å². The van der Waals surface area contributed by atoms with Crippen LogP contribution in [0.15, 0.2) is 34.9 Å². The highest BCUT2D eigenvalue weighted by atomic mass is 79.9. The van der Waals surface area contributed by atoms with Crippen molar-refractivity contribution in [2.75, 3.05) is 0 Å². The minimum Gasteiger partial charge on any atom is -0.324 e. The van der Waals surface area contributed by atoms with Gasteiger partial charge in [0, 0.05) is 28.2 Å². The van der Waals surface area contributed by atoms with Crippen molar-refractivity contribution in [2.45, 2.75) is 45.2 Å². The van der Waals surface area contributed by atoms with Crippen molar-refractivity contribution in [1.82, 2.24) is 9.78 Å². The molecule has 0 radical (unpaired) electrons. The summed E-state index contributed by atoms with van der Waals surface area (Å²) in [5, 5.41) is 5.36. The Morgan fingerprint density at radius 2 is 2.00 bits per heavy atom. The van der Waals surface area contributed by atoms with E-state index in [1.54, 1.807) is 0 Å². The molecule has 21 heavy (non-hydrogen) atoms. The Morgan fingerprint density at radius 3 is 2.67 bits per heavy atom. The van der Waals surface area contributed by atoms with Gasteiger partial charge < -0.3 is 5.73 Å². The van der Waals surface area contributed by atoms with Crippen LogP contribution in [0.1, 0.15) is 50.0 Å². The predicted molar refractivity (Wildman–Crippen MR) is 91.6 cm³/mol. The first-order valence-corrected chi connectivity index (χ1v) is 8.46. The molecule has 5 heteroatoms. The lowest BCUT2D eigenvalue weighted by Crippen LogP contribution is -2.15. The number of aromatic nitrogens is 2. The molecule has 114 valence electrons. The fourth-order valence-corrected chi connectivity index (χ4v) is 3.21. The molecule has 0 spiro atoms. The molecule has 0 aliphatic carbocycles. The summed E-state index contributed by atoms with van der Waals surface area (Å²) < 4.78 is 3.04. The largest absolute Gasteiger partial charge is 0.324 e. The number of hydrogen-bond acceptors (Lipinski definition) is 2. The Hall–Kier alpha value is -0.840. The molecule has 1 heterocycles. The second kappa shape index (κ2) is 7.43. The fraction of sp³-hybridized carbons (Fsp3) is 0.438. The number of halogens is 2. The molecule has 1 aromatic heterocycles. The number of benzene rings is 1. The van der Waals surface area contributed by atoms with Crippen LogP contribution in [0.5, 0.6) is 0 Å². The monoisotopic (exact) mass is 369 g/mol. The highest BCUT2D eigenvalue weighted by Crippen LogP contribution is 2.27. The van der Waals surface area contributed by atoms with Crippen molar-refractivity contribution < 1.29 is 0 Å². The smallest absolute Gasteiger partial charge is 0.0643 e. The summed E-state index contributed by atoms with van der Waals surface area (Å²) in [5.41, 5.74) is 8.34. The van der Waals surface area contributed by atoms with Crippen LogP contribution in [0.3, 0.4) is 0 Å². The molecule has 1 aromatic carbocycles. The lowest BCUT2D eigenvalue weighted by molar-refractivity contribution is 0.424. The molecular formula is C16H21BrClN3. The molecule has 0 amide bonds. The molecule has 3 nitrogen and oxygen atoms in total. The summed E-state index contributed by atoms with van der Waals surface area (Å²) >= 11 is 9.58. The van der Waals surface area contributed by atoms with Crippen LogP contribution in [-0.4, -0.2) is 9.78 Å². The second-order valence-corrected chi connectivity index (χ2v) is 6.52. The molecule has 0 saturated heterocycles. The number of nitrogens with zero attached hydrogens (tertiary/aromatic N) is 2. The molecule has 0 bridgehead atoms. The van der Waals surface area contributed by atoms with E-state index in [2.05, 4.69) is 45.6 Å². The minimum absolute atomic E-state index is 0.122. The van der Waals surface area contributed by atoms with Crippen LogP contribution < -0.4 is 5.73 Å². The van der Waals surface area contributed by atoms with Gasteiger partial charge in [0.15, 0.2) is 0 Å². The quantitative estimate of drug-likeness (QED) is 0.785. The Bertz CT molecular complexity index is 593. The minimum atomic E-state index is -0.122. The highest BCUT2D eigenvalue weighted by molar-refractivity contribution is 9.10. The van der Waals surface area contributed by atoms with Crippen LogP contribution in [-0.2, 0) is 6.42 Å². The van der Waals surface area contributed by atoms with Crippen molar-refractivity contribution >= 4 is 27.5 Å². The molecule has 1 atom stereocenters. The average molecular weight is 371 g/mol. The lowest BCUT2D eigenvalue weighted by Gasteiger charge is -2.14. The first-order chi connectivity index (χ1) is 10.0. The van der Waals surface area contributed by atoms with Gasteiger partial charge in [-0.2, -0.15) is 5.10 Å². The first kappa shape index (κ1) is 16.5. The molecule has 2 aromatic rings. The van der Waals surface area contributed by atoms with Gasteiger partial charge in [-0.3, -0.25) is 4.68 Å². The zero-order chi connectivity index (χ0) is 15.4. The van der Waals surface area contributed by atoms with Crippen molar-refractivity contribution in [3.05, 3.63) is 51.2 Å². The Kier molecular flexibility index (Phi) is 5.85. The van der Waals surface area contributed by atoms with E-state index >= 15 is 0 Å². The molecule has 2 N–H and O–H groups in total. The maximum atomic E-state index is 6.31. The van der Waals surface area contributed by atoms with E-state index in [4.69, 9.17) is 17.3 Å². The maximum absolute atomic E-state index is 6.31. The van der Waals surface area contributed by atoms with Gasteiger partial charge in [-0.15, -0.1) is 0 Å². The summed E-state index contributed by atoms with van der Waals surface area (Å²) in [6, 6.07) is 8.09. The summed E-state index contributed by atoms with van der Waals surface area (Å²) in [5.74, 6) is 0. The molecule has 0 aliphatic heterocycles. The van der Waals surface area contributed by atoms with Crippen LogP contribution in [0.25, 0.3) is 0 Å². The number of hydrogen-bond donors (Lipinski definition) is 1. The van der Waals surface area contributed by atoms with E-state index in [0.717, 1.165) is 28.6 Å². The Morgan fingerprint density at radius 1 is 1.29 bits per heavy atom. The standard InChI is InChI=1S/C16H21BrClN3/c1-3-13(4-2)21-8-7-12(20-21)10-16(19)14-9-11(18)5-6-15(14)17/h5-9,13,16H,3-4,10,19H2,1-2H3. The van der Waals surface area contributed by atoms with Gasteiger partial charge in [-0.1, -0.05) is 41.4 Å². The normalized spacial score (nSPS) is 12.9.